The van der Waals surface area contributed by atoms with E-state index < -0.39 is 0 Å². The van der Waals surface area contributed by atoms with Crippen LogP contribution in [0.25, 0.3) is 0 Å². The van der Waals surface area contributed by atoms with Crippen molar-refractivity contribution < 1.29 is 0 Å². The zero-order valence-corrected chi connectivity index (χ0v) is 12.8. The summed E-state index contributed by atoms with van der Waals surface area (Å²) in [4.78, 5) is 1.40. The molecule has 1 unspecified atom stereocenters. The Bertz CT molecular complexity index is 345. The van der Waals surface area contributed by atoms with Crippen molar-refractivity contribution in [1.29, 1.82) is 0 Å². The third kappa shape index (κ3) is 3.78. The quantitative estimate of drug-likeness (QED) is 0.839. The van der Waals surface area contributed by atoms with Crippen molar-refractivity contribution in [1.82, 2.24) is 10.6 Å². The first-order valence-corrected chi connectivity index (χ1v) is 8.05. The van der Waals surface area contributed by atoms with E-state index in [1.54, 1.807) is 0 Å². The second-order valence-corrected chi connectivity index (χ2v) is 7.42. The van der Waals surface area contributed by atoms with Crippen LogP contribution in [-0.2, 0) is 6.54 Å². The number of thiophene rings is 1. The maximum Gasteiger partial charge on any atom is 0.0701 e. The molecule has 1 aromatic heterocycles. The molecule has 0 amide bonds. The minimum absolute atomic E-state index is 0.364. The first-order valence-electron chi connectivity index (χ1n) is 6.44. The van der Waals surface area contributed by atoms with E-state index in [-0.39, 0.29) is 0 Å². The van der Waals surface area contributed by atoms with Crippen LogP contribution in [0.3, 0.4) is 0 Å². The van der Waals surface area contributed by atoms with Gasteiger partial charge >= 0.3 is 0 Å². The third-order valence-corrected chi connectivity index (χ3v) is 5.08. The van der Waals surface area contributed by atoms with E-state index in [2.05, 4.69) is 45.6 Å². The highest BCUT2D eigenvalue weighted by atomic mass is 79.9. The zero-order chi connectivity index (χ0) is 12.1. The van der Waals surface area contributed by atoms with Crippen LogP contribution < -0.4 is 10.6 Å². The van der Waals surface area contributed by atoms with E-state index in [4.69, 9.17) is 0 Å². The van der Waals surface area contributed by atoms with E-state index in [0.29, 0.717) is 5.54 Å². The summed E-state index contributed by atoms with van der Waals surface area (Å²) >= 11 is 5.32. The van der Waals surface area contributed by atoms with Gasteiger partial charge in [-0.15, -0.1) is 11.3 Å². The Morgan fingerprint density at radius 2 is 2.41 bits per heavy atom. The Balaban J connectivity index is 1.79. The van der Waals surface area contributed by atoms with Gasteiger partial charge in [-0.25, -0.2) is 0 Å². The summed E-state index contributed by atoms with van der Waals surface area (Å²) in [6.07, 6.45) is 5.20. The van der Waals surface area contributed by atoms with Gasteiger partial charge in [0.05, 0.1) is 3.79 Å². The lowest BCUT2D eigenvalue weighted by Gasteiger charge is -2.29. The molecule has 0 spiro atoms. The fourth-order valence-corrected chi connectivity index (χ4v) is 4.12. The molecule has 2 heterocycles. The molecule has 96 valence electrons. The molecule has 2 nitrogen and oxygen atoms in total. The van der Waals surface area contributed by atoms with Gasteiger partial charge in [0.2, 0.25) is 0 Å². The van der Waals surface area contributed by atoms with Crippen LogP contribution in [0, 0.1) is 0 Å². The third-order valence-electron chi connectivity index (χ3n) is 3.45. The van der Waals surface area contributed by atoms with E-state index >= 15 is 0 Å². The van der Waals surface area contributed by atoms with Crippen LogP contribution in [0.4, 0.5) is 0 Å². The largest absolute Gasteiger partial charge is 0.310 e. The van der Waals surface area contributed by atoms with Crippen molar-refractivity contribution in [3.05, 3.63) is 20.8 Å². The molecule has 1 atom stereocenters. The lowest BCUT2D eigenvalue weighted by atomic mass is 9.92. The zero-order valence-electron chi connectivity index (χ0n) is 10.4. The topological polar surface area (TPSA) is 24.1 Å². The fourth-order valence-electron chi connectivity index (χ4n) is 2.67. The average Bonchev–Trinajstić information content (AvgIpc) is 2.90. The monoisotopic (exact) mass is 316 g/mol. The first-order chi connectivity index (χ1) is 8.24. The summed E-state index contributed by atoms with van der Waals surface area (Å²) in [5.74, 6) is 0. The molecule has 0 aromatic carbocycles. The standard InChI is InChI=1S/C13H21BrN2S/c1-2-6-13(7-3-8-16-13)10-15-9-11-4-5-12(14)17-11/h4-5,15-16H,2-3,6-10H2,1H3. The van der Waals surface area contributed by atoms with Crippen LogP contribution in [0.5, 0.6) is 0 Å². The van der Waals surface area contributed by atoms with Gasteiger partial charge in [0.1, 0.15) is 0 Å². The second-order valence-electron chi connectivity index (χ2n) is 4.87. The normalized spacial score (nSPS) is 24.4. The van der Waals surface area contributed by atoms with Crippen LogP contribution >= 0.6 is 27.3 Å². The number of hydrogen-bond acceptors (Lipinski definition) is 3. The number of nitrogens with one attached hydrogen (secondary N) is 2. The fraction of sp³-hybridized carbons (Fsp3) is 0.692. The maximum atomic E-state index is 3.69. The number of rotatable bonds is 6. The molecule has 1 fully saturated rings. The van der Waals surface area contributed by atoms with Gasteiger partial charge < -0.3 is 10.6 Å². The highest BCUT2D eigenvalue weighted by Crippen LogP contribution is 2.25. The van der Waals surface area contributed by atoms with Crippen LogP contribution in [0.15, 0.2) is 15.9 Å². The summed E-state index contributed by atoms with van der Waals surface area (Å²) in [5, 5.41) is 7.30. The summed E-state index contributed by atoms with van der Waals surface area (Å²) in [6, 6.07) is 4.31. The highest BCUT2D eigenvalue weighted by Gasteiger charge is 2.31. The molecule has 0 bridgehead atoms. The lowest BCUT2D eigenvalue weighted by Crippen LogP contribution is -2.48. The molecule has 0 radical (unpaired) electrons. The number of hydrogen-bond donors (Lipinski definition) is 2. The van der Waals surface area contributed by atoms with Crippen molar-refractivity contribution in [3.63, 3.8) is 0 Å². The van der Waals surface area contributed by atoms with Gasteiger partial charge in [-0.3, -0.25) is 0 Å². The Kier molecular flexibility index (Phi) is 5.03. The maximum absolute atomic E-state index is 3.69. The Labute approximate surface area is 116 Å². The van der Waals surface area contributed by atoms with Gasteiger partial charge in [-0.2, -0.15) is 0 Å². The predicted molar refractivity (Wildman–Crippen MR) is 78.6 cm³/mol. The van der Waals surface area contributed by atoms with Gasteiger partial charge in [0.15, 0.2) is 0 Å². The molecule has 1 aromatic rings. The Morgan fingerprint density at radius 1 is 1.53 bits per heavy atom. The van der Waals surface area contributed by atoms with E-state index in [1.165, 1.54) is 40.9 Å². The van der Waals surface area contributed by atoms with Crippen molar-refractivity contribution in [2.24, 2.45) is 0 Å². The predicted octanol–water partition coefficient (Wildman–Crippen LogP) is 3.52. The summed E-state index contributed by atoms with van der Waals surface area (Å²) in [7, 11) is 0. The molecule has 1 aliphatic heterocycles. The molecular weight excluding hydrogens is 296 g/mol. The molecule has 0 saturated carbocycles. The van der Waals surface area contributed by atoms with E-state index in [9.17, 15) is 0 Å². The van der Waals surface area contributed by atoms with Crippen molar-refractivity contribution >= 4 is 27.3 Å². The average molecular weight is 317 g/mol. The lowest BCUT2D eigenvalue weighted by molar-refractivity contribution is 0.325. The molecule has 1 aliphatic rings. The highest BCUT2D eigenvalue weighted by molar-refractivity contribution is 9.11. The number of halogens is 1. The molecule has 1 saturated heterocycles. The smallest absolute Gasteiger partial charge is 0.0701 e. The van der Waals surface area contributed by atoms with E-state index in [1.807, 2.05) is 11.3 Å². The van der Waals surface area contributed by atoms with Gasteiger partial charge in [0, 0.05) is 23.5 Å². The van der Waals surface area contributed by atoms with Crippen LogP contribution in [0.2, 0.25) is 0 Å². The SMILES string of the molecule is CCCC1(CNCc2ccc(Br)s2)CCCN1. The summed E-state index contributed by atoms with van der Waals surface area (Å²) in [5.41, 5.74) is 0.364. The summed E-state index contributed by atoms with van der Waals surface area (Å²) in [6.45, 7) is 5.55. The molecule has 2 N–H and O–H groups in total. The van der Waals surface area contributed by atoms with Crippen LogP contribution in [-0.4, -0.2) is 18.6 Å². The molecule has 17 heavy (non-hydrogen) atoms. The second kappa shape index (κ2) is 6.32. The minimum Gasteiger partial charge on any atom is -0.310 e. The van der Waals surface area contributed by atoms with Gasteiger partial charge in [0.25, 0.3) is 0 Å². The Hall–Kier alpha value is 0.1000. The molecule has 2 rings (SSSR count). The van der Waals surface area contributed by atoms with Crippen molar-refractivity contribution in [3.8, 4) is 0 Å². The van der Waals surface area contributed by atoms with Crippen LogP contribution in [0.1, 0.15) is 37.5 Å². The van der Waals surface area contributed by atoms with Gasteiger partial charge in [-0.1, -0.05) is 13.3 Å². The Morgan fingerprint density at radius 3 is 3.00 bits per heavy atom. The first kappa shape index (κ1) is 13.5. The summed E-state index contributed by atoms with van der Waals surface area (Å²) < 4.78 is 1.22. The van der Waals surface area contributed by atoms with Crippen molar-refractivity contribution in [2.45, 2.75) is 44.7 Å². The molecule has 0 aliphatic carbocycles. The van der Waals surface area contributed by atoms with Gasteiger partial charge in [-0.05, 0) is 53.9 Å². The van der Waals surface area contributed by atoms with Crippen molar-refractivity contribution in [2.75, 3.05) is 13.1 Å². The minimum atomic E-state index is 0.364. The molecule has 4 heteroatoms. The molecular formula is C13H21BrN2S. The van der Waals surface area contributed by atoms with E-state index in [0.717, 1.165) is 13.1 Å².